The zero-order chi connectivity index (χ0) is 21.0. The first-order valence-corrected chi connectivity index (χ1v) is 9.57. The van der Waals surface area contributed by atoms with E-state index in [0.29, 0.717) is 17.0 Å². The van der Waals surface area contributed by atoms with Crippen LogP contribution >= 0.6 is 0 Å². The Labute approximate surface area is 170 Å². The van der Waals surface area contributed by atoms with Gasteiger partial charge in [-0.1, -0.05) is 30.3 Å². The van der Waals surface area contributed by atoms with E-state index in [9.17, 15) is 9.59 Å². The SMILES string of the molecule is CC(NC(=O)c1ccc(C(=O)NC(C)(C)C)cc1)c1ncc(-c2ccccc2)[nH]1. The van der Waals surface area contributed by atoms with Gasteiger partial charge >= 0.3 is 0 Å². The highest BCUT2D eigenvalue weighted by molar-refractivity contribution is 5.98. The van der Waals surface area contributed by atoms with E-state index in [0.717, 1.165) is 11.3 Å². The number of aromatic amines is 1. The summed E-state index contributed by atoms with van der Waals surface area (Å²) in [5, 5.41) is 5.83. The molecule has 0 fully saturated rings. The highest BCUT2D eigenvalue weighted by atomic mass is 16.2. The van der Waals surface area contributed by atoms with Crippen LogP contribution < -0.4 is 10.6 Å². The number of hydrogen-bond acceptors (Lipinski definition) is 3. The summed E-state index contributed by atoms with van der Waals surface area (Å²) in [5.41, 5.74) is 2.62. The molecule has 0 saturated carbocycles. The number of H-pyrrole nitrogens is 1. The monoisotopic (exact) mass is 390 g/mol. The number of carbonyl (C=O) groups is 2. The van der Waals surface area contributed by atoms with Gasteiger partial charge in [0.1, 0.15) is 5.82 Å². The Balaban J connectivity index is 1.64. The minimum atomic E-state index is -0.315. The summed E-state index contributed by atoms with van der Waals surface area (Å²) in [7, 11) is 0. The maximum Gasteiger partial charge on any atom is 0.251 e. The molecule has 0 radical (unpaired) electrons. The molecular weight excluding hydrogens is 364 g/mol. The van der Waals surface area contributed by atoms with Crippen LogP contribution in [0.1, 0.15) is 60.3 Å². The molecule has 3 aromatic rings. The van der Waals surface area contributed by atoms with E-state index in [2.05, 4.69) is 20.6 Å². The number of hydrogen-bond donors (Lipinski definition) is 3. The van der Waals surface area contributed by atoms with Crippen LogP contribution in [0.5, 0.6) is 0 Å². The maximum atomic E-state index is 12.6. The van der Waals surface area contributed by atoms with Crippen molar-refractivity contribution in [3.63, 3.8) is 0 Å². The van der Waals surface area contributed by atoms with Crippen LogP contribution in [0.25, 0.3) is 11.3 Å². The Kier molecular flexibility index (Phi) is 5.82. The lowest BCUT2D eigenvalue weighted by Gasteiger charge is -2.20. The van der Waals surface area contributed by atoms with Crippen molar-refractivity contribution in [2.75, 3.05) is 0 Å². The number of nitrogens with one attached hydrogen (secondary N) is 3. The Morgan fingerprint density at radius 2 is 1.52 bits per heavy atom. The number of rotatable bonds is 5. The normalized spacial score (nSPS) is 12.3. The number of aromatic nitrogens is 2. The van der Waals surface area contributed by atoms with Gasteiger partial charge in [0.25, 0.3) is 11.8 Å². The molecule has 150 valence electrons. The van der Waals surface area contributed by atoms with Gasteiger partial charge in [-0.3, -0.25) is 9.59 Å². The van der Waals surface area contributed by atoms with Gasteiger partial charge in [0.05, 0.1) is 17.9 Å². The van der Waals surface area contributed by atoms with E-state index in [4.69, 9.17) is 0 Å². The molecule has 0 spiro atoms. The van der Waals surface area contributed by atoms with E-state index >= 15 is 0 Å². The average Bonchev–Trinajstić information content (AvgIpc) is 3.18. The molecule has 1 aromatic heterocycles. The lowest BCUT2D eigenvalue weighted by Crippen LogP contribution is -2.40. The third-order valence-corrected chi connectivity index (χ3v) is 4.34. The van der Waals surface area contributed by atoms with Crippen molar-refractivity contribution in [1.82, 2.24) is 20.6 Å². The van der Waals surface area contributed by atoms with Crippen LogP contribution in [0.3, 0.4) is 0 Å². The van der Waals surface area contributed by atoms with Crippen molar-refractivity contribution in [3.05, 3.63) is 77.7 Å². The maximum absolute atomic E-state index is 12.6. The molecule has 0 aliphatic carbocycles. The fourth-order valence-electron chi connectivity index (χ4n) is 2.86. The summed E-state index contributed by atoms with van der Waals surface area (Å²) >= 11 is 0. The van der Waals surface area contributed by atoms with Crippen molar-refractivity contribution in [2.45, 2.75) is 39.3 Å². The van der Waals surface area contributed by atoms with Crippen LogP contribution in [0.15, 0.2) is 60.8 Å². The molecular formula is C23H26N4O2. The predicted octanol–water partition coefficient (Wildman–Crippen LogP) is 4.10. The third kappa shape index (κ3) is 5.31. The Morgan fingerprint density at radius 3 is 2.10 bits per heavy atom. The summed E-state index contributed by atoms with van der Waals surface area (Å²) in [6.07, 6.45) is 1.76. The van der Waals surface area contributed by atoms with Crippen LogP contribution in [0.2, 0.25) is 0 Å². The fourth-order valence-corrected chi connectivity index (χ4v) is 2.86. The molecule has 2 amide bonds. The van der Waals surface area contributed by atoms with Gasteiger partial charge in [0.2, 0.25) is 0 Å². The first kappa shape index (κ1) is 20.3. The second-order valence-electron chi connectivity index (χ2n) is 8.02. The van der Waals surface area contributed by atoms with Crippen LogP contribution in [-0.4, -0.2) is 27.3 Å². The fraction of sp³-hybridized carbons (Fsp3) is 0.261. The first-order chi connectivity index (χ1) is 13.7. The van der Waals surface area contributed by atoms with Crippen molar-refractivity contribution in [1.29, 1.82) is 0 Å². The second kappa shape index (κ2) is 8.31. The van der Waals surface area contributed by atoms with Crippen LogP contribution in [0, 0.1) is 0 Å². The van der Waals surface area contributed by atoms with E-state index in [1.54, 1.807) is 30.5 Å². The molecule has 0 saturated heterocycles. The van der Waals surface area contributed by atoms with E-state index < -0.39 is 0 Å². The van der Waals surface area contributed by atoms with Gasteiger partial charge < -0.3 is 15.6 Å². The summed E-state index contributed by atoms with van der Waals surface area (Å²) in [6, 6.07) is 16.2. The number of carbonyl (C=O) groups excluding carboxylic acids is 2. The first-order valence-electron chi connectivity index (χ1n) is 9.57. The second-order valence-corrected chi connectivity index (χ2v) is 8.02. The molecule has 0 bridgehead atoms. The van der Waals surface area contributed by atoms with Gasteiger partial charge in [0, 0.05) is 16.7 Å². The number of benzene rings is 2. The molecule has 0 aliphatic rings. The van der Waals surface area contributed by atoms with E-state index in [-0.39, 0.29) is 23.4 Å². The molecule has 1 heterocycles. The minimum Gasteiger partial charge on any atom is -0.347 e. The Hall–Kier alpha value is -3.41. The summed E-state index contributed by atoms with van der Waals surface area (Å²) < 4.78 is 0. The van der Waals surface area contributed by atoms with Crippen molar-refractivity contribution >= 4 is 11.8 Å². The van der Waals surface area contributed by atoms with Gasteiger partial charge in [0.15, 0.2) is 0 Å². The summed E-state index contributed by atoms with van der Waals surface area (Å²) in [4.78, 5) is 32.4. The standard InChI is InChI=1S/C23H26N4O2/c1-15(20-24-14-19(26-20)16-8-6-5-7-9-16)25-21(28)17-10-12-18(13-11-17)22(29)27-23(2,3)4/h5-15H,1-4H3,(H,24,26)(H,25,28)(H,27,29). The molecule has 29 heavy (non-hydrogen) atoms. The molecule has 2 aromatic carbocycles. The number of imidazole rings is 1. The molecule has 0 aliphatic heterocycles. The lowest BCUT2D eigenvalue weighted by atomic mass is 10.1. The van der Waals surface area contributed by atoms with Gasteiger partial charge in [-0.25, -0.2) is 4.98 Å². The quantitative estimate of drug-likeness (QED) is 0.613. The molecule has 1 atom stereocenters. The zero-order valence-corrected chi connectivity index (χ0v) is 17.1. The zero-order valence-electron chi connectivity index (χ0n) is 17.1. The predicted molar refractivity (Wildman–Crippen MR) is 114 cm³/mol. The highest BCUT2D eigenvalue weighted by Crippen LogP contribution is 2.19. The topological polar surface area (TPSA) is 86.9 Å². The van der Waals surface area contributed by atoms with Gasteiger partial charge in [-0.05, 0) is 57.5 Å². The van der Waals surface area contributed by atoms with Crippen molar-refractivity contribution in [2.24, 2.45) is 0 Å². The molecule has 3 rings (SSSR count). The summed E-state index contributed by atoms with van der Waals surface area (Å²) in [6.45, 7) is 7.64. The van der Waals surface area contributed by atoms with Gasteiger partial charge in [-0.2, -0.15) is 0 Å². The number of nitrogens with zero attached hydrogens (tertiary/aromatic N) is 1. The Morgan fingerprint density at radius 1 is 0.931 bits per heavy atom. The van der Waals surface area contributed by atoms with Gasteiger partial charge in [-0.15, -0.1) is 0 Å². The molecule has 3 N–H and O–H groups in total. The lowest BCUT2D eigenvalue weighted by molar-refractivity contribution is 0.0913. The van der Waals surface area contributed by atoms with E-state index in [1.165, 1.54) is 0 Å². The van der Waals surface area contributed by atoms with Crippen LogP contribution in [-0.2, 0) is 0 Å². The van der Waals surface area contributed by atoms with Crippen LogP contribution in [0.4, 0.5) is 0 Å². The largest absolute Gasteiger partial charge is 0.347 e. The Bertz CT molecular complexity index is 986. The van der Waals surface area contributed by atoms with E-state index in [1.807, 2.05) is 58.0 Å². The smallest absolute Gasteiger partial charge is 0.251 e. The number of amides is 2. The molecule has 6 nitrogen and oxygen atoms in total. The van der Waals surface area contributed by atoms with Crippen molar-refractivity contribution < 1.29 is 9.59 Å². The van der Waals surface area contributed by atoms with Crippen molar-refractivity contribution in [3.8, 4) is 11.3 Å². The molecule has 1 unspecified atom stereocenters. The summed E-state index contributed by atoms with van der Waals surface area (Å²) in [5.74, 6) is 0.290. The average molecular weight is 390 g/mol. The highest BCUT2D eigenvalue weighted by Gasteiger charge is 2.17. The third-order valence-electron chi connectivity index (χ3n) is 4.34. The minimum absolute atomic E-state index is 0.165. The molecule has 6 heteroatoms.